The molecule has 3 saturated carbocycles. The molecule has 48 heavy (non-hydrogen) atoms. The van der Waals surface area contributed by atoms with Gasteiger partial charge in [-0.25, -0.2) is 4.98 Å². The van der Waals surface area contributed by atoms with Crippen molar-refractivity contribution < 1.29 is 36.4 Å². The Balaban J connectivity index is 0.000000421. The minimum atomic E-state index is -1.33. The second kappa shape index (κ2) is 25.2. The summed E-state index contributed by atoms with van der Waals surface area (Å²) in [6.07, 6.45) is 25.5. The van der Waals surface area contributed by atoms with Crippen LogP contribution in [0.1, 0.15) is 170 Å². The molecule has 277 valence electrons. The van der Waals surface area contributed by atoms with Gasteiger partial charge in [-0.2, -0.15) is 0 Å². The molecule has 0 amide bonds. The first-order valence-corrected chi connectivity index (χ1v) is 24.1. The number of pyridine rings is 1. The third-order valence-corrected chi connectivity index (χ3v) is 14.6. The molecule has 0 bridgehead atoms. The Kier molecular flexibility index (Phi) is 24.3. The van der Waals surface area contributed by atoms with E-state index in [1.165, 1.54) is 35.0 Å². The van der Waals surface area contributed by atoms with Crippen molar-refractivity contribution in [3.8, 4) is 0 Å². The second-order valence-corrected chi connectivity index (χ2v) is 22.9. The van der Waals surface area contributed by atoms with Crippen LogP contribution in [0.2, 0.25) is 0 Å². The fraction of sp³-hybridized carbons (Fsp3) is 0.641. The van der Waals surface area contributed by atoms with Crippen molar-refractivity contribution in [1.29, 1.82) is 0 Å². The summed E-state index contributed by atoms with van der Waals surface area (Å²) in [7, 11) is 14.6. The van der Waals surface area contributed by atoms with Gasteiger partial charge in [0, 0.05) is 35.3 Å². The molecule has 1 heterocycles. The van der Waals surface area contributed by atoms with Gasteiger partial charge in [-0.1, -0.05) is 71.2 Å². The van der Waals surface area contributed by atoms with Crippen LogP contribution in [0.5, 0.6) is 0 Å². The summed E-state index contributed by atoms with van der Waals surface area (Å²) in [4.78, 5) is 20.5. The monoisotopic (exact) mass is 871 g/mol. The Hall–Kier alpha value is 0.192. The first kappa shape index (κ1) is 46.2. The van der Waals surface area contributed by atoms with Crippen LogP contribution in [-0.4, -0.2) is 34.0 Å². The first-order valence-electron chi connectivity index (χ1n) is 17.8. The first-order chi connectivity index (χ1) is 22.1. The van der Waals surface area contributed by atoms with E-state index < -0.39 is 11.2 Å². The molecule has 3 fully saturated rings. The fourth-order valence-electron chi connectivity index (χ4n) is 7.82. The number of carbonyl (C=O) groups excluding carboxylic acids is 1. The molecule has 2 aromatic rings. The van der Waals surface area contributed by atoms with Gasteiger partial charge < -0.3 is 7.43 Å². The standard InChI is InChI=1S/C20H24N2O.C18H33P.CH3.3ClH.Fe.Pd/c1-13(2)17-9-7-10-18(14(3)4)20(17)21-12-16-8-6-11-19(22-16)15(5)23;1-4-10-16(11-5-1)19(17-12-6-2-7-13-17)18-14-8-3-9-15-18;;;;;;/h6-14H,1-5H3;16-18H,1-15H2;1H3;3*1H;;/q;;-1;;;;+3;/p-2. The number of aliphatic imine (C=N–C) groups is 1. The Morgan fingerprint density at radius 3 is 1.48 bits per heavy atom. The molecular weight excluding hydrogens is 812 g/mol. The van der Waals surface area contributed by atoms with E-state index in [1.807, 2.05) is 12.1 Å². The van der Waals surface area contributed by atoms with Gasteiger partial charge in [0.2, 0.25) is 0 Å². The number of hydrogen-bond donors (Lipinski definition) is 0. The number of aromatic nitrogens is 1. The largest absolute Gasteiger partial charge is 0 e. The van der Waals surface area contributed by atoms with Crippen molar-refractivity contribution in [2.45, 2.75) is 160 Å². The van der Waals surface area contributed by atoms with E-state index in [0.29, 0.717) is 23.2 Å². The van der Waals surface area contributed by atoms with Crippen LogP contribution in [0.25, 0.3) is 0 Å². The number of halogens is 3. The summed E-state index contributed by atoms with van der Waals surface area (Å²) in [5, 5.41) is 0. The summed E-state index contributed by atoms with van der Waals surface area (Å²) in [6, 6.07) is 11.8. The van der Waals surface area contributed by atoms with E-state index in [0.717, 1.165) is 5.69 Å². The molecule has 0 radical (unpaired) electrons. The summed E-state index contributed by atoms with van der Waals surface area (Å²) in [5.74, 6) is 0.764. The number of nitrogens with zero attached hydrogens (tertiary/aromatic N) is 2. The predicted molar refractivity (Wildman–Crippen MR) is 209 cm³/mol. The molecular formula is C39H61Cl3FeN2OPPd. The van der Waals surface area contributed by atoms with Gasteiger partial charge in [0.25, 0.3) is 0 Å². The SMILES string of the molecule is C1CCC([PH+](C2CCCCC2)C2CCCCC2)CC1.CC(=O)c1cccc(C=Nc2c(C(C)C)cccc2C(C)C)n1.[CH3-].[Cl][Fe]([Cl])[Cl].[Pd]. The third-order valence-electron chi connectivity index (χ3n) is 10.0. The van der Waals surface area contributed by atoms with Gasteiger partial charge in [-0.3, -0.25) is 9.79 Å². The van der Waals surface area contributed by atoms with E-state index in [4.69, 9.17) is 35.3 Å². The van der Waals surface area contributed by atoms with Crippen LogP contribution in [0.3, 0.4) is 0 Å². The summed E-state index contributed by atoms with van der Waals surface area (Å²) in [5.41, 5.74) is 8.33. The van der Waals surface area contributed by atoms with E-state index in [9.17, 15) is 4.79 Å². The van der Waals surface area contributed by atoms with Crippen LogP contribution in [0, 0.1) is 7.43 Å². The van der Waals surface area contributed by atoms with Crippen molar-refractivity contribution >= 4 is 55.9 Å². The predicted octanol–water partition coefficient (Wildman–Crippen LogP) is 14.0. The average molecular weight is 874 g/mol. The molecule has 3 aliphatic carbocycles. The zero-order valence-electron chi connectivity index (χ0n) is 30.1. The molecule has 0 N–H and O–H groups in total. The van der Waals surface area contributed by atoms with Crippen LogP contribution in [0.15, 0.2) is 41.4 Å². The number of Topliss-reactive ketones (excluding diaryl/α,β-unsaturated/α-hetero) is 1. The molecule has 5 rings (SSSR count). The fourth-order valence-corrected chi connectivity index (χ4v) is 13.0. The van der Waals surface area contributed by atoms with Crippen LogP contribution < -0.4 is 0 Å². The van der Waals surface area contributed by atoms with Gasteiger partial charge in [-0.05, 0) is 112 Å². The smallest absolute Gasteiger partial charge is 0 e. The molecule has 3 aliphatic rings. The Labute approximate surface area is 325 Å². The van der Waals surface area contributed by atoms with E-state index in [2.05, 4.69) is 50.9 Å². The van der Waals surface area contributed by atoms with Gasteiger partial charge in [0.15, 0.2) is 5.78 Å². The molecule has 0 spiro atoms. The van der Waals surface area contributed by atoms with Crippen molar-refractivity contribution in [3.63, 3.8) is 0 Å². The van der Waals surface area contributed by atoms with Crippen molar-refractivity contribution in [3.05, 3.63) is 66.3 Å². The number of carbonyl (C=O) groups is 1. The quantitative estimate of drug-likeness (QED) is 0.0872. The Morgan fingerprint density at radius 1 is 0.750 bits per heavy atom. The van der Waals surface area contributed by atoms with Gasteiger partial charge >= 0.3 is 41.5 Å². The number of para-hydroxylation sites is 1. The maximum Gasteiger partial charge on any atom is 0 e. The summed E-state index contributed by atoms with van der Waals surface area (Å²) in [6.45, 7) is 10.2. The molecule has 0 aliphatic heterocycles. The zero-order valence-corrected chi connectivity index (χ0v) is 36.1. The third kappa shape index (κ3) is 15.8. The van der Waals surface area contributed by atoms with Crippen LogP contribution in [-0.2, 0) is 31.6 Å². The van der Waals surface area contributed by atoms with Crippen LogP contribution >= 0.6 is 38.2 Å². The summed E-state index contributed by atoms with van der Waals surface area (Å²) >= 11 is -1.33. The molecule has 0 unspecified atom stereocenters. The zero-order chi connectivity index (χ0) is 33.5. The molecule has 0 saturated heterocycles. The Morgan fingerprint density at radius 2 is 1.12 bits per heavy atom. The molecule has 9 heteroatoms. The van der Waals surface area contributed by atoms with Crippen molar-refractivity contribution in [2.75, 3.05) is 0 Å². The molecule has 1 aromatic heterocycles. The normalized spacial score (nSPS) is 17.9. The minimum absolute atomic E-state index is 0. The van der Waals surface area contributed by atoms with Crippen LogP contribution in [0.4, 0.5) is 5.69 Å². The Bertz CT molecular complexity index is 1140. The van der Waals surface area contributed by atoms with Gasteiger partial charge in [0.1, 0.15) is 5.69 Å². The number of benzene rings is 1. The van der Waals surface area contributed by atoms with E-state index in [1.54, 1.807) is 109 Å². The van der Waals surface area contributed by atoms with Crippen molar-refractivity contribution in [2.24, 2.45) is 4.99 Å². The van der Waals surface area contributed by atoms with E-state index >= 15 is 0 Å². The average Bonchev–Trinajstić information content (AvgIpc) is 3.05. The van der Waals surface area contributed by atoms with Gasteiger partial charge in [0.05, 0.1) is 34.6 Å². The number of ketones is 1. The summed E-state index contributed by atoms with van der Waals surface area (Å²) < 4.78 is 0. The number of hydrogen-bond acceptors (Lipinski definition) is 3. The molecule has 0 atom stereocenters. The minimum Gasteiger partial charge on any atom is 0 e. The van der Waals surface area contributed by atoms with E-state index in [-0.39, 0.29) is 41.6 Å². The second-order valence-electron chi connectivity index (χ2n) is 14.0. The van der Waals surface area contributed by atoms with Crippen molar-refractivity contribution in [1.82, 2.24) is 4.98 Å². The maximum absolute atomic E-state index is 11.5. The molecule has 3 nitrogen and oxygen atoms in total. The molecule has 1 aromatic carbocycles. The number of rotatable bonds is 8. The van der Waals surface area contributed by atoms with Gasteiger partial charge in [-0.15, -0.1) is 0 Å². The maximum atomic E-state index is 11.5. The topological polar surface area (TPSA) is 42.3 Å².